The minimum atomic E-state index is -1.10. The number of hydrogen-bond acceptors (Lipinski definition) is 5. The second kappa shape index (κ2) is 7.99. The average Bonchev–Trinajstić information content (AvgIpc) is 2.66. The Labute approximate surface area is 161 Å². The summed E-state index contributed by atoms with van der Waals surface area (Å²) in [6, 6.07) is 11.1. The zero-order valence-electron chi connectivity index (χ0n) is 15.5. The highest BCUT2D eigenvalue weighted by Gasteiger charge is 2.33. The molecule has 1 aliphatic rings. The molecule has 1 unspecified atom stereocenters. The molecule has 3 rings (SSSR count). The van der Waals surface area contributed by atoms with Crippen LogP contribution in [0.1, 0.15) is 24.2 Å². The van der Waals surface area contributed by atoms with Gasteiger partial charge in [-0.1, -0.05) is 0 Å². The quantitative estimate of drug-likeness (QED) is 0.793. The molecule has 0 radical (unpaired) electrons. The van der Waals surface area contributed by atoms with Gasteiger partial charge in [0.1, 0.15) is 18.0 Å². The first-order chi connectivity index (χ1) is 13.4. The molecule has 1 aliphatic heterocycles. The summed E-state index contributed by atoms with van der Waals surface area (Å²) in [6.45, 7) is 3.76. The van der Waals surface area contributed by atoms with Crippen molar-refractivity contribution in [1.82, 2.24) is 0 Å². The molecule has 2 amide bonds. The number of aromatic carboxylic acids is 1. The van der Waals surface area contributed by atoms with E-state index in [1.807, 2.05) is 6.92 Å². The van der Waals surface area contributed by atoms with E-state index in [9.17, 15) is 14.4 Å². The zero-order valence-corrected chi connectivity index (χ0v) is 15.5. The molecule has 0 bridgehead atoms. The highest BCUT2D eigenvalue weighted by atomic mass is 16.5. The van der Waals surface area contributed by atoms with Gasteiger partial charge >= 0.3 is 5.97 Å². The molecule has 8 heteroatoms. The van der Waals surface area contributed by atoms with Crippen LogP contribution < -0.4 is 19.7 Å². The average molecular weight is 384 g/mol. The molecular formula is C20H20N2O6. The van der Waals surface area contributed by atoms with Crippen molar-refractivity contribution in [2.24, 2.45) is 0 Å². The Bertz CT molecular complexity index is 909. The van der Waals surface area contributed by atoms with Gasteiger partial charge in [-0.15, -0.1) is 0 Å². The molecule has 28 heavy (non-hydrogen) atoms. The van der Waals surface area contributed by atoms with Gasteiger partial charge in [-0.2, -0.15) is 0 Å². The molecule has 0 saturated heterocycles. The predicted octanol–water partition coefficient (Wildman–Crippen LogP) is 2.54. The number of fused-ring (bicyclic) bond motifs is 1. The van der Waals surface area contributed by atoms with E-state index in [-0.39, 0.29) is 29.7 Å². The summed E-state index contributed by atoms with van der Waals surface area (Å²) < 4.78 is 10.9. The Morgan fingerprint density at radius 2 is 1.93 bits per heavy atom. The molecule has 0 aromatic heterocycles. The van der Waals surface area contributed by atoms with Gasteiger partial charge in [0.2, 0.25) is 5.91 Å². The summed E-state index contributed by atoms with van der Waals surface area (Å²) in [5, 5.41) is 11.9. The van der Waals surface area contributed by atoms with E-state index >= 15 is 0 Å². The second-order valence-corrected chi connectivity index (χ2v) is 6.18. The topological polar surface area (TPSA) is 105 Å². The van der Waals surface area contributed by atoms with E-state index in [2.05, 4.69) is 5.32 Å². The van der Waals surface area contributed by atoms with Crippen molar-refractivity contribution in [2.45, 2.75) is 20.0 Å². The van der Waals surface area contributed by atoms with Gasteiger partial charge in [0.05, 0.1) is 17.9 Å². The molecule has 0 spiro atoms. The number of ether oxygens (including phenoxy) is 2. The lowest BCUT2D eigenvalue weighted by Gasteiger charge is -2.32. The fourth-order valence-corrected chi connectivity index (χ4v) is 2.85. The summed E-state index contributed by atoms with van der Waals surface area (Å²) in [7, 11) is 0. The van der Waals surface area contributed by atoms with Crippen molar-refractivity contribution >= 4 is 29.2 Å². The zero-order chi connectivity index (χ0) is 20.3. The lowest BCUT2D eigenvalue weighted by molar-refractivity contribution is -0.127. The van der Waals surface area contributed by atoms with Crippen LogP contribution in [0.25, 0.3) is 0 Å². The third kappa shape index (κ3) is 4.06. The lowest BCUT2D eigenvalue weighted by Crippen LogP contribution is -2.47. The highest BCUT2D eigenvalue weighted by molar-refractivity contribution is 6.06. The molecule has 1 atom stereocenters. The van der Waals surface area contributed by atoms with Crippen LogP contribution in [0.5, 0.6) is 11.5 Å². The van der Waals surface area contributed by atoms with Gasteiger partial charge in [0.15, 0.2) is 6.10 Å². The number of nitrogens with one attached hydrogen (secondary N) is 1. The lowest BCUT2D eigenvalue weighted by atomic mass is 10.1. The number of hydrogen-bond donors (Lipinski definition) is 2. The first-order valence-corrected chi connectivity index (χ1v) is 8.77. The van der Waals surface area contributed by atoms with Gasteiger partial charge in [0, 0.05) is 5.69 Å². The first-order valence-electron chi connectivity index (χ1n) is 8.77. The first kappa shape index (κ1) is 19.2. The fraction of sp³-hybridized carbons (Fsp3) is 0.250. The number of amides is 2. The summed E-state index contributed by atoms with van der Waals surface area (Å²) >= 11 is 0. The molecule has 2 N–H and O–H groups in total. The van der Waals surface area contributed by atoms with Crippen LogP contribution in [0.2, 0.25) is 0 Å². The Kier molecular flexibility index (Phi) is 5.49. The van der Waals surface area contributed by atoms with Crippen LogP contribution in [0.15, 0.2) is 42.5 Å². The number of carboxylic acid groups (broad SMARTS) is 1. The molecule has 2 aromatic rings. The highest BCUT2D eigenvalue weighted by Crippen LogP contribution is 2.35. The number of carbonyl (C=O) groups is 3. The van der Waals surface area contributed by atoms with Gasteiger partial charge in [-0.25, -0.2) is 4.79 Å². The van der Waals surface area contributed by atoms with E-state index in [0.717, 1.165) is 0 Å². The van der Waals surface area contributed by atoms with Crippen molar-refractivity contribution < 1.29 is 29.0 Å². The Morgan fingerprint density at radius 1 is 1.21 bits per heavy atom. The monoisotopic (exact) mass is 384 g/mol. The van der Waals surface area contributed by atoms with Crippen LogP contribution in [0, 0.1) is 0 Å². The van der Waals surface area contributed by atoms with Gasteiger partial charge in [-0.3, -0.25) is 14.5 Å². The molecule has 8 nitrogen and oxygen atoms in total. The molecule has 146 valence electrons. The fourth-order valence-electron chi connectivity index (χ4n) is 2.85. The maximum Gasteiger partial charge on any atom is 0.335 e. The van der Waals surface area contributed by atoms with Crippen molar-refractivity contribution in [3.8, 4) is 11.5 Å². The molecule has 0 saturated carbocycles. The summed E-state index contributed by atoms with van der Waals surface area (Å²) in [6.07, 6.45) is -0.824. The minimum absolute atomic E-state index is 0.0408. The van der Waals surface area contributed by atoms with Crippen molar-refractivity contribution in [1.29, 1.82) is 0 Å². The standard InChI is InChI=1S/C20H20N2O6/c1-3-27-15-7-5-14(6-8-15)21-18(23)11-22-16-9-4-13(20(25)26)10-17(16)28-12(2)19(22)24/h4-10,12H,3,11H2,1-2H3,(H,21,23)(H,25,26). The van der Waals surface area contributed by atoms with E-state index < -0.39 is 12.1 Å². The number of nitrogens with zero attached hydrogens (tertiary/aromatic N) is 1. The van der Waals surface area contributed by atoms with E-state index in [1.54, 1.807) is 31.2 Å². The van der Waals surface area contributed by atoms with E-state index in [4.69, 9.17) is 14.6 Å². The molecule has 1 heterocycles. The molecule has 2 aromatic carbocycles. The van der Waals surface area contributed by atoms with Gasteiger partial charge < -0.3 is 19.9 Å². The van der Waals surface area contributed by atoms with Crippen LogP contribution in [0.3, 0.4) is 0 Å². The largest absolute Gasteiger partial charge is 0.494 e. The summed E-state index contributed by atoms with van der Waals surface area (Å²) in [5.74, 6) is -0.922. The third-order valence-corrected chi connectivity index (χ3v) is 4.17. The number of anilines is 2. The van der Waals surface area contributed by atoms with E-state index in [1.165, 1.54) is 23.1 Å². The second-order valence-electron chi connectivity index (χ2n) is 6.18. The minimum Gasteiger partial charge on any atom is -0.494 e. The van der Waals surface area contributed by atoms with Crippen molar-refractivity contribution in [2.75, 3.05) is 23.4 Å². The number of carboxylic acids is 1. The Balaban J connectivity index is 1.76. The third-order valence-electron chi connectivity index (χ3n) is 4.17. The SMILES string of the molecule is CCOc1ccc(NC(=O)CN2C(=O)C(C)Oc3cc(C(=O)O)ccc32)cc1. The van der Waals surface area contributed by atoms with Crippen LogP contribution in [-0.4, -0.2) is 42.1 Å². The van der Waals surface area contributed by atoms with Gasteiger partial charge in [0.25, 0.3) is 5.91 Å². The van der Waals surface area contributed by atoms with E-state index in [0.29, 0.717) is 23.7 Å². The summed E-state index contributed by atoms with van der Waals surface area (Å²) in [4.78, 5) is 37.4. The Morgan fingerprint density at radius 3 is 2.57 bits per heavy atom. The Hall–Kier alpha value is -3.55. The van der Waals surface area contributed by atoms with Crippen molar-refractivity contribution in [3.63, 3.8) is 0 Å². The van der Waals surface area contributed by atoms with Crippen LogP contribution >= 0.6 is 0 Å². The normalized spacial score (nSPS) is 15.4. The number of benzene rings is 2. The predicted molar refractivity (Wildman–Crippen MR) is 102 cm³/mol. The number of rotatable bonds is 6. The smallest absolute Gasteiger partial charge is 0.335 e. The summed E-state index contributed by atoms with van der Waals surface area (Å²) in [5.41, 5.74) is 0.970. The maximum absolute atomic E-state index is 12.5. The van der Waals surface area contributed by atoms with Gasteiger partial charge in [-0.05, 0) is 56.3 Å². The van der Waals surface area contributed by atoms with Crippen LogP contribution in [0.4, 0.5) is 11.4 Å². The molecular weight excluding hydrogens is 364 g/mol. The molecule has 0 aliphatic carbocycles. The maximum atomic E-state index is 12.5. The number of carbonyl (C=O) groups excluding carboxylic acids is 2. The van der Waals surface area contributed by atoms with Crippen LogP contribution in [-0.2, 0) is 9.59 Å². The van der Waals surface area contributed by atoms with Crippen molar-refractivity contribution in [3.05, 3.63) is 48.0 Å². The molecule has 0 fully saturated rings.